The summed E-state index contributed by atoms with van der Waals surface area (Å²) in [4.78, 5) is 14.5. The van der Waals surface area contributed by atoms with Gasteiger partial charge >= 0.3 is 0 Å². The van der Waals surface area contributed by atoms with Crippen LogP contribution in [0.3, 0.4) is 0 Å². The Balaban J connectivity index is 1.95. The number of nitrogens with zero attached hydrogens (tertiary/aromatic N) is 2. The number of methoxy groups -OCH3 is 1. The number of hydrogen-bond donors (Lipinski definition) is 1. The van der Waals surface area contributed by atoms with Crippen molar-refractivity contribution in [3.05, 3.63) is 28.3 Å². The minimum absolute atomic E-state index is 0.0422. The van der Waals surface area contributed by atoms with Gasteiger partial charge in [0.2, 0.25) is 0 Å². The molecule has 0 saturated heterocycles. The first-order valence-corrected chi connectivity index (χ1v) is 6.49. The molecular formula is C13H17N3O4. The highest BCUT2D eigenvalue weighted by Gasteiger charge is 2.16. The molecule has 20 heavy (non-hydrogen) atoms. The number of oxazole rings is 1. The van der Waals surface area contributed by atoms with Gasteiger partial charge in [0, 0.05) is 26.3 Å². The molecule has 0 fully saturated rings. The molecule has 0 spiro atoms. The van der Waals surface area contributed by atoms with Crippen molar-refractivity contribution < 1.29 is 14.1 Å². The van der Waals surface area contributed by atoms with Gasteiger partial charge in [0.15, 0.2) is 11.1 Å². The van der Waals surface area contributed by atoms with E-state index in [1.54, 1.807) is 19.2 Å². The first kappa shape index (κ1) is 14.3. The fourth-order valence-electron chi connectivity index (χ4n) is 1.90. The van der Waals surface area contributed by atoms with Gasteiger partial charge in [-0.2, -0.15) is 4.98 Å². The Labute approximate surface area is 116 Å². The zero-order valence-electron chi connectivity index (χ0n) is 11.3. The molecular weight excluding hydrogens is 262 g/mol. The first-order chi connectivity index (χ1) is 9.72. The number of non-ortho nitro benzene ring substituents is 1. The van der Waals surface area contributed by atoms with E-state index in [0.717, 1.165) is 25.9 Å². The Morgan fingerprint density at radius 1 is 1.40 bits per heavy atom. The summed E-state index contributed by atoms with van der Waals surface area (Å²) in [5.74, 6) is 0. The van der Waals surface area contributed by atoms with Crippen LogP contribution in [-0.2, 0) is 4.74 Å². The molecule has 0 atom stereocenters. The topological polar surface area (TPSA) is 90.4 Å². The van der Waals surface area contributed by atoms with Gasteiger partial charge in [0.1, 0.15) is 0 Å². The summed E-state index contributed by atoms with van der Waals surface area (Å²) >= 11 is 0. The fourth-order valence-corrected chi connectivity index (χ4v) is 1.90. The molecule has 0 aliphatic heterocycles. The highest BCUT2D eigenvalue weighted by Crippen LogP contribution is 2.27. The molecule has 0 aliphatic rings. The van der Waals surface area contributed by atoms with E-state index in [9.17, 15) is 10.1 Å². The molecule has 2 rings (SSSR count). The molecule has 108 valence electrons. The van der Waals surface area contributed by atoms with Crippen molar-refractivity contribution in [1.82, 2.24) is 4.98 Å². The van der Waals surface area contributed by atoms with E-state index >= 15 is 0 Å². The Bertz CT molecular complexity index is 582. The minimum atomic E-state index is -0.459. The maximum Gasteiger partial charge on any atom is 0.298 e. The maximum atomic E-state index is 10.9. The highest BCUT2D eigenvalue weighted by atomic mass is 16.6. The van der Waals surface area contributed by atoms with E-state index in [1.165, 1.54) is 6.07 Å². The highest BCUT2D eigenvalue weighted by molar-refractivity contribution is 5.83. The lowest BCUT2D eigenvalue weighted by Crippen LogP contribution is -2.02. The van der Waals surface area contributed by atoms with Crippen molar-refractivity contribution in [1.29, 1.82) is 0 Å². The van der Waals surface area contributed by atoms with Crippen LogP contribution in [-0.4, -0.2) is 30.2 Å². The molecule has 0 radical (unpaired) electrons. The summed E-state index contributed by atoms with van der Waals surface area (Å²) < 4.78 is 10.4. The van der Waals surface area contributed by atoms with Crippen LogP contribution in [0.2, 0.25) is 0 Å². The Hall–Kier alpha value is -2.15. The third-order valence-corrected chi connectivity index (χ3v) is 2.90. The number of fused-ring (bicyclic) bond motifs is 1. The molecule has 7 nitrogen and oxygen atoms in total. The molecule has 0 amide bonds. The molecule has 7 heteroatoms. The molecule has 1 aromatic heterocycles. The number of anilines is 1. The van der Waals surface area contributed by atoms with E-state index < -0.39 is 4.92 Å². The molecule has 0 aliphatic carbocycles. The van der Waals surface area contributed by atoms with Crippen LogP contribution in [0.25, 0.3) is 11.1 Å². The van der Waals surface area contributed by atoms with Crippen LogP contribution < -0.4 is 5.32 Å². The van der Waals surface area contributed by atoms with Crippen LogP contribution in [0.1, 0.15) is 19.3 Å². The van der Waals surface area contributed by atoms with Gasteiger partial charge in [0.05, 0.1) is 4.92 Å². The summed E-state index contributed by atoms with van der Waals surface area (Å²) in [6.45, 7) is 1.47. The Kier molecular flexibility index (Phi) is 4.89. The van der Waals surface area contributed by atoms with E-state index in [2.05, 4.69) is 10.3 Å². The predicted octanol–water partition coefficient (Wildman–Crippen LogP) is 2.96. The average Bonchev–Trinajstić information content (AvgIpc) is 2.84. The number of aromatic nitrogens is 1. The number of benzene rings is 1. The van der Waals surface area contributed by atoms with Crippen molar-refractivity contribution in [3.8, 4) is 0 Å². The summed E-state index contributed by atoms with van der Waals surface area (Å²) in [5.41, 5.74) is 0.653. The summed E-state index contributed by atoms with van der Waals surface area (Å²) in [6, 6.07) is 4.99. The minimum Gasteiger partial charge on any atom is -0.423 e. The van der Waals surface area contributed by atoms with Gasteiger partial charge in [-0.15, -0.1) is 0 Å². The lowest BCUT2D eigenvalue weighted by Gasteiger charge is -2.01. The molecule has 2 aromatic rings. The molecule has 0 bridgehead atoms. The number of ether oxygens (including phenoxy) is 1. The number of unbranched alkanes of at least 4 members (excludes halogenated alkanes) is 2. The van der Waals surface area contributed by atoms with E-state index in [1.807, 2.05) is 0 Å². The third kappa shape index (κ3) is 3.45. The number of nitro groups is 1. The summed E-state index contributed by atoms with van der Waals surface area (Å²) in [6.07, 6.45) is 3.02. The zero-order valence-corrected chi connectivity index (χ0v) is 11.3. The van der Waals surface area contributed by atoms with Gasteiger partial charge < -0.3 is 14.5 Å². The molecule has 0 unspecified atom stereocenters. The van der Waals surface area contributed by atoms with Crippen molar-refractivity contribution in [2.45, 2.75) is 19.3 Å². The molecule has 1 N–H and O–H groups in total. The number of nitro benzene ring substituents is 1. The molecule has 1 heterocycles. The van der Waals surface area contributed by atoms with Crippen LogP contribution in [0.4, 0.5) is 11.7 Å². The predicted molar refractivity (Wildman–Crippen MR) is 74.9 cm³/mol. The molecule has 0 saturated carbocycles. The van der Waals surface area contributed by atoms with E-state index in [4.69, 9.17) is 9.15 Å². The van der Waals surface area contributed by atoms with E-state index in [0.29, 0.717) is 18.1 Å². The van der Waals surface area contributed by atoms with Crippen LogP contribution in [0.5, 0.6) is 0 Å². The van der Waals surface area contributed by atoms with Gasteiger partial charge in [-0.05, 0) is 25.3 Å². The average molecular weight is 279 g/mol. The number of hydrogen-bond acceptors (Lipinski definition) is 6. The van der Waals surface area contributed by atoms with Crippen LogP contribution in [0, 0.1) is 10.1 Å². The van der Waals surface area contributed by atoms with Crippen molar-refractivity contribution in [2.24, 2.45) is 0 Å². The normalized spacial score (nSPS) is 10.8. The van der Waals surface area contributed by atoms with Crippen molar-refractivity contribution in [3.63, 3.8) is 0 Å². The number of rotatable bonds is 8. The Morgan fingerprint density at radius 3 is 3.00 bits per heavy atom. The smallest absolute Gasteiger partial charge is 0.298 e. The first-order valence-electron chi connectivity index (χ1n) is 6.49. The van der Waals surface area contributed by atoms with Gasteiger partial charge in [-0.3, -0.25) is 10.1 Å². The summed E-state index contributed by atoms with van der Waals surface area (Å²) in [5, 5.41) is 13.9. The van der Waals surface area contributed by atoms with Gasteiger partial charge in [0.25, 0.3) is 11.7 Å². The SMILES string of the molecule is COCCCCCNc1nc2c([N+](=O)[O-])cccc2o1. The van der Waals surface area contributed by atoms with Crippen molar-refractivity contribution in [2.75, 3.05) is 25.6 Å². The standard InChI is InChI=1S/C13H17N3O4/c1-19-9-4-2-3-8-14-13-15-12-10(16(17)18)6-5-7-11(12)20-13/h5-7H,2-4,8-9H2,1H3,(H,14,15). The van der Waals surface area contributed by atoms with Gasteiger partial charge in [-0.1, -0.05) is 6.07 Å². The largest absolute Gasteiger partial charge is 0.423 e. The lowest BCUT2D eigenvalue weighted by atomic mass is 10.2. The maximum absolute atomic E-state index is 10.9. The van der Waals surface area contributed by atoms with Crippen LogP contribution in [0.15, 0.2) is 22.6 Å². The van der Waals surface area contributed by atoms with E-state index in [-0.39, 0.29) is 11.2 Å². The second-order valence-electron chi connectivity index (χ2n) is 4.38. The summed E-state index contributed by atoms with van der Waals surface area (Å²) in [7, 11) is 1.68. The number of para-hydroxylation sites is 1. The number of nitrogens with one attached hydrogen (secondary N) is 1. The Morgan fingerprint density at radius 2 is 2.25 bits per heavy atom. The molecule has 1 aromatic carbocycles. The monoisotopic (exact) mass is 279 g/mol. The quantitative estimate of drug-likeness (QED) is 0.454. The zero-order chi connectivity index (χ0) is 14.4. The van der Waals surface area contributed by atoms with Crippen LogP contribution >= 0.6 is 0 Å². The second kappa shape index (κ2) is 6.85. The van der Waals surface area contributed by atoms with Crippen molar-refractivity contribution >= 4 is 22.8 Å². The second-order valence-corrected chi connectivity index (χ2v) is 4.38. The third-order valence-electron chi connectivity index (χ3n) is 2.90. The fraction of sp³-hybridized carbons (Fsp3) is 0.462. The lowest BCUT2D eigenvalue weighted by molar-refractivity contribution is -0.383. The van der Waals surface area contributed by atoms with Gasteiger partial charge in [-0.25, -0.2) is 0 Å².